The molecule has 1 fully saturated rings. The summed E-state index contributed by atoms with van der Waals surface area (Å²) in [7, 11) is 3.81. The summed E-state index contributed by atoms with van der Waals surface area (Å²) >= 11 is 0. The second-order valence-corrected chi connectivity index (χ2v) is 6.98. The predicted molar refractivity (Wildman–Crippen MR) is 121 cm³/mol. The molecule has 6 nitrogen and oxygen atoms in total. The number of halogens is 1. The van der Waals surface area contributed by atoms with E-state index >= 15 is 0 Å². The lowest BCUT2D eigenvalue weighted by molar-refractivity contribution is 0.0625. The maximum absolute atomic E-state index is 5.50. The first-order chi connectivity index (χ1) is 12.6. The summed E-state index contributed by atoms with van der Waals surface area (Å²) in [4.78, 5) is 11.6. The predicted octanol–water partition coefficient (Wildman–Crippen LogP) is 3.54. The first-order valence-electron chi connectivity index (χ1n) is 9.63. The molecule has 1 saturated heterocycles. The Balaban J connectivity index is 0.00000364. The van der Waals surface area contributed by atoms with E-state index in [0.29, 0.717) is 6.54 Å². The number of nitrogens with one attached hydrogen (secondary N) is 1. The Labute approximate surface area is 181 Å². The van der Waals surface area contributed by atoms with Crippen molar-refractivity contribution in [2.75, 3.05) is 40.5 Å². The Bertz CT molecular complexity index is 604. The Morgan fingerprint density at radius 2 is 2.07 bits per heavy atom. The van der Waals surface area contributed by atoms with Crippen LogP contribution in [0, 0.1) is 19.8 Å². The van der Waals surface area contributed by atoms with Crippen LogP contribution in [-0.4, -0.2) is 56.3 Å². The van der Waals surface area contributed by atoms with Gasteiger partial charge in [0.1, 0.15) is 5.75 Å². The van der Waals surface area contributed by atoms with Crippen molar-refractivity contribution in [3.8, 4) is 5.75 Å². The third-order valence-electron chi connectivity index (χ3n) is 5.04. The van der Waals surface area contributed by atoms with E-state index in [-0.39, 0.29) is 24.0 Å². The molecular formula is C20H35IN4O2. The number of nitrogens with zero attached hydrogens (tertiary/aromatic N) is 3. The maximum Gasteiger partial charge on any atom is 0.194 e. The third kappa shape index (κ3) is 7.10. The van der Waals surface area contributed by atoms with E-state index in [4.69, 9.17) is 14.5 Å². The van der Waals surface area contributed by atoms with Gasteiger partial charge in [-0.15, -0.1) is 24.0 Å². The molecule has 154 valence electrons. The van der Waals surface area contributed by atoms with Crippen molar-refractivity contribution >= 4 is 29.9 Å². The van der Waals surface area contributed by atoms with Crippen molar-refractivity contribution in [3.05, 3.63) is 23.0 Å². The minimum absolute atomic E-state index is 0. The number of aromatic nitrogens is 1. The van der Waals surface area contributed by atoms with Gasteiger partial charge in [-0.1, -0.05) is 0 Å². The monoisotopic (exact) mass is 490 g/mol. The van der Waals surface area contributed by atoms with E-state index in [1.54, 1.807) is 7.11 Å². The number of aliphatic imine (C=N–C) groups is 1. The van der Waals surface area contributed by atoms with Gasteiger partial charge in [-0.05, 0) is 46.0 Å². The van der Waals surface area contributed by atoms with Crippen LogP contribution in [0.25, 0.3) is 0 Å². The highest BCUT2D eigenvalue weighted by atomic mass is 127. The zero-order valence-electron chi connectivity index (χ0n) is 17.4. The zero-order chi connectivity index (χ0) is 18.9. The Morgan fingerprint density at radius 3 is 2.70 bits per heavy atom. The van der Waals surface area contributed by atoms with Gasteiger partial charge >= 0.3 is 0 Å². The number of hydrogen-bond acceptors (Lipinski definition) is 4. The van der Waals surface area contributed by atoms with Gasteiger partial charge in [-0.25, -0.2) is 4.99 Å². The van der Waals surface area contributed by atoms with E-state index in [1.165, 1.54) is 19.3 Å². The minimum atomic E-state index is 0. The second-order valence-electron chi connectivity index (χ2n) is 6.98. The van der Waals surface area contributed by atoms with Crippen LogP contribution in [0.15, 0.2) is 11.2 Å². The SMILES string of the molecule is CCNC(=NCc1ncc(C)c(OC)c1C)N(C)CCC1CCOCC1.I. The number of hydrogen-bond donors (Lipinski definition) is 1. The van der Waals surface area contributed by atoms with Crippen LogP contribution in [-0.2, 0) is 11.3 Å². The van der Waals surface area contributed by atoms with Crippen LogP contribution in [0.4, 0.5) is 0 Å². The van der Waals surface area contributed by atoms with E-state index in [9.17, 15) is 0 Å². The van der Waals surface area contributed by atoms with Gasteiger partial charge in [0.15, 0.2) is 5.96 Å². The molecule has 0 aliphatic carbocycles. The van der Waals surface area contributed by atoms with Crippen molar-refractivity contribution < 1.29 is 9.47 Å². The molecule has 2 heterocycles. The summed E-state index contributed by atoms with van der Waals surface area (Å²) in [6.45, 7) is 10.4. The lowest BCUT2D eigenvalue weighted by Crippen LogP contribution is -2.40. The van der Waals surface area contributed by atoms with Gasteiger partial charge in [-0.3, -0.25) is 4.98 Å². The van der Waals surface area contributed by atoms with Gasteiger partial charge in [0.2, 0.25) is 0 Å². The van der Waals surface area contributed by atoms with Crippen LogP contribution in [0.5, 0.6) is 5.75 Å². The Morgan fingerprint density at radius 1 is 1.37 bits per heavy atom. The van der Waals surface area contributed by atoms with Crippen LogP contribution in [0.1, 0.15) is 43.0 Å². The van der Waals surface area contributed by atoms with Crippen molar-refractivity contribution in [3.63, 3.8) is 0 Å². The quantitative estimate of drug-likeness (QED) is 0.360. The van der Waals surface area contributed by atoms with Crippen molar-refractivity contribution in [2.24, 2.45) is 10.9 Å². The van der Waals surface area contributed by atoms with Crippen molar-refractivity contribution in [1.82, 2.24) is 15.2 Å². The molecule has 1 aromatic heterocycles. The third-order valence-corrected chi connectivity index (χ3v) is 5.04. The average molecular weight is 490 g/mol. The normalized spacial score (nSPS) is 15.2. The summed E-state index contributed by atoms with van der Waals surface area (Å²) in [5.74, 6) is 2.60. The maximum atomic E-state index is 5.50. The minimum Gasteiger partial charge on any atom is -0.496 e. The number of aryl methyl sites for hydroxylation is 1. The molecule has 0 unspecified atom stereocenters. The second kappa shape index (κ2) is 12.4. The number of rotatable bonds is 7. The summed E-state index contributed by atoms with van der Waals surface area (Å²) < 4.78 is 11.0. The van der Waals surface area contributed by atoms with Gasteiger partial charge < -0.3 is 19.7 Å². The lowest BCUT2D eigenvalue weighted by Gasteiger charge is -2.27. The molecule has 1 aromatic rings. The number of guanidine groups is 1. The highest BCUT2D eigenvalue weighted by Crippen LogP contribution is 2.24. The van der Waals surface area contributed by atoms with E-state index in [2.05, 4.69) is 29.2 Å². The van der Waals surface area contributed by atoms with Gasteiger partial charge in [-0.2, -0.15) is 0 Å². The zero-order valence-corrected chi connectivity index (χ0v) is 19.7. The lowest BCUT2D eigenvalue weighted by atomic mass is 9.96. The number of ether oxygens (including phenoxy) is 2. The van der Waals surface area contributed by atoms with Crippen LogP contribution in [0.3, 0.4) is 0 Å². The Hall–Kier alpha value is -1.09. The summed E-state index contributed by atoms with van der Waals surface area (Å²) in [6, 6.07) is 0. The number of pyridine rings is 1. The molecule has 1 aliphatic heterocycles. The molecule has 0 atom stereocenters. The van der Waals surface area contributed by atoms with E-state index in [0.717, 1.165) is 60.8 Å². The molecular weight excluding hydrogens is 455 g/mol. The number of methoxy groups -OCH3 is 1. The standard InChI is InChI=1S/C20H34N4O2.HI/c1-6-21-20(24(4)10-7-17-8-11-26-12-9-17)23-14-18-16(3)19(25-5)15(2)13-22-18;/h13,17H,6-12,14H2,1-5H3,(H,21,23);1H. The highest BCUT2D eigenvalue weighted by molar-refractivity contribution is 14.0. The van der Waals surface area contributed by atoms with Crippen molar-refractivity contribution in [1.29, 1.82) is 0 Å². The van der Waals surface area contributed by atoms with Gasteiger partial charge in [0, 0.05) is 50.7 Å². The molecule has 0 spiro atoms. The van der Waals surface area contributed by atoms with Crippen LogP contribution >= 0.6 is 24.0 Å². The molecule has 0 bridgehead atoms. The van der Waals surface area contributed by atoms with Crippen molar-refractivity contribution in [2.45, 2.75) is 46.6 Å². The molecule has 1 aliphatic rings. The molecule has 27 heavy (non-hydrogen) atoms. The molecule has 1 N–H and O–H groups in total. The highest BCUT2D eigenvalue weighted by Gasteiger charge is 2.16. The fraction of sp³-hybridized carbons (Fsp3) is 0.700. The summed E-state index contributed by atoms with van der Waals surface area (Å²) in [5, 5.41) is 3.39. The fourth-order valence-electron chi connectivity index (χ4n) is 3.37. The van der Waals surface area contributed by atoms with Gasteiger partial charge in [0.25, 0.3) is 0 Å². The molecule has 0 amide bonds. The Kier molecular flexibility index (Phi) is 11.0. The molecule has 0 saturated carbocycles. The van der Waals surface area contributed by atoms with Gasteiger partial charge in [0.05, 0.1) is 19.3 Å². The molecule has 0 aromatic carbocycles. The largest absolute Gasteiger partial charge is 0.496 e. The molecule has 7 heteroatoms. The first kappa shape index (κ1) is 23.9. The summed E-state index contributed by atoms with van der Waals surface area (Å²) in [6.07, 6.45) is 5.39. The van der Waals surface area contributed by atoms with Crippen LogP contribution in [0.2, 0.25) is 0 Å². The van der Waals surface area contributed by atoms with E-state index in [1.807, 2.05) is 20.0 Å². The smallest absolute Gasteiger partial charge is 0.194 e. The van der Waals surface area contributed by atoms with E-state index < -0.39 is 0 Å². The van der Waals surface area contributed by atoms with Crippen LogP contribution < -0.4 is 10.1 Å². The average Bonchev–Trinajstić information content (AvgIpc) is 2.65. The summed E-state index contributed by atoms with van der Waals surface area (Å²) in [5.41, 5.74) is 3.08. The molecule has 0 radical (unpaired) electrons. The molecule has 2 rings (SSSR count). The fourth-order valence-corrected chi connectivity index (χ4v) is 3.37. The first-order valence-corrected chi connectivity index (χ1v) is 9.63. The topological polar surface area (TPSA) is 59.0 Å².